The fourth-order valence-corrected chi connectivity index (χ4v) is 4.18. The first-order valence-electron chi connectivity index (χ1n) is 11.1. The lowest BCUT2D eigenvalue weighted by molar-refractivity contribution is -0.145. The number of nitrogens with zero attached hydrogens (tertiary/aromatic N) is 8. The van der Waals surface area contributed by atoms with Crippen LogP contribution in [0.25, 0.3) is 5.65 Å². The van der Waals surface area contributed by atoms with Gasteiger partial charge in [0.15, 0.2) is 17.3 Å². The second kappa shape index (κ2) is 10.7. The monoisotopic (exact) mass is 508 g/mol. The molecule has 192 valence electrons. The fourth-order valence-electron chi connectivity index (χ4n) is 4.18. The van der Waals surface area contributed by atoms with Gasteiger partial charge < -0.3 is 20.0 Å². The van der Waals surface area contributed by atoms with Crippen molar-refractivity contribution in [3.8, 4) is 0 Å². The summed E-state index contributed by atoms with van der Waals surface area (Å²) in [4.78, 5) is 40.6. The minimum Gasteiger partial charge on any atom is -0.481 e. The summed E-state index contributed by atoms with van der Waals surface area (Å²) in [6.07, 6.45) is 4.20. The van der Waals surface area contributed by atoms with Crippen molar-refractivity contribution in [2.75, 3.05) is 36.0 Å². The van der Waals surface area contributed by atoms with E-state index in [2.05, 4.69) is 25.0 Å². The van der Waals surface area contributed by atoms with E-state index in [1.54, 1.807) is 21.8 Å². The highest BCUT2D eigenvalue weighted by atomic mass is 19.1. The fraction of sp³-hybridized carbons (Fsp3) is 0.476. The van der Waals surface area contributed by atoms with Crippen molar-refractivity contribution < 1.29 is 33.0 Å². The van der Waals surface area contributed by atoms with E-state index < -0.39 is 41.9 Å². The lowest BCUT2D eigenvalue weighted by atomic mass is 9.95. The van der Waals surface area contributed by atoms with Crippen LogP contribution in [0.5, 0.6) is 0 Å². The summed E-state index contributed by atoms with van der Waals surface area (Å²) in [5.74, 6) is -3.94. The third kappa shape index (κ3) is 5.44. The molecule has 15 heteroatoms. The van der Waals surface area contributed by atoms with E-state index in [1.165, 1.54) is 11.2 Å². The molecule has 0 amide bonds. The van der Waals surface area contributed by atoms with Gasteiger partial charge in [-0.15, -0.1) is 0 Å². The highest BCUT2D eigenvalue weighted by Gasteiger charge is 2.36. The third-order valence-corrected chi connectivity index (χ3v) is 6.08. The van der Waals surface area contributed by atoms with E-state index in [1.807, 2.05) is 0 Å². The van der Waals surface area contributed by atoms with Crippen LogP contribution in [-0.4, -0.2) is 90.2 Å². The summed E-state index contributed by atoms with van der Waals surface area (Å²) in [5.41, 5.74) is 0.545. The number of aromatic nitrogens is 6. The van der Waals surface area contributed by atoms with E-state index in [0.717, 1.165) is 12.4 Å². The molecule has 3 aromatic rings. The summed E-state index contributed by atoms with van der Waals surface area (Å²) in [5, 5.41) is 21.7. The molecular formula is C21H23F3N8O4. The molecule has 0 aliphatic carbocycles. The average molecular weight is 508 g/mol. The standard InChI is InChI=1S/C11H12FN5O2.C10H11F2N3O2/c12-8-5-16(3-1-7(8)11(18)19)9-10-14-6-15-17(10)4-2-13-9;11-6-3-13-10(14-4-6)15-2-1-7(9(16)17)8(12)5-15/h2,4,6-8H,1,3,5H2,(H,18,19);3-4,7-8H,1-2,5H2,(H,16,17)/t2*7-,8-/m11/s1. The molecule has 2 fully saturated rings. The predicted octanol–water partition coefficient (Wildman–Crippen LogP) is 1.24. The van der Waals surface area contributed by atoms with Crippen LogP contribution in [0.4, 0.5) is 24.9 Å². The second-order valence-electron chi connectivity index (χ2n) is 8.37. The van der Waals surface area contributed by atoms with Crippen molar-refractivity contribution >= 4 is 29.4 Å². The number of piperidine rings is 2. The first-order valence-corrected chi connectivity index (χ1v) is 11.1. The molecule has 0 bridgehead atoms. The molecule has 12 nitrogen and oxygen atoms in total. The molecule has 5 rings (SSSR count). The second-order valence-corrected chi connectivity index (χ2v) is 8.37. The molecule has 4 atom stereocenters. The van der Waals surface area contributed by atoms with Crippen LogP contribution >= 0.6 is 0 Å². The minimum absolute atomic E-state index is 0.0104. The Morgan fingerprint density at radius 2 is 1.47 bits per heavy atom. The quantitative estimate of drug-likeness (QED) is 0.524. The van der Waals surface area contributed by atoms with Crippen LogP contribution in [-0.2, 0) is 9.59 Å². The van der Waals surface area contributed by atoms with E-state index in [-0.39, 0.29) is 31.9 Å². The van der Waals surface area contributed by atoms with Gasteiger partial charge in [0.05, 0.1) is 37.3 Å². The number of rotatable bonds is 4. The van der Waals surface area contributed by atoms with Gasteiger partial charge in [-0.1, -0.05) is 0 Å². The number of carboxylic acids is 2. The van der Waals surface area contributed by atoms with Crippen LogP contribution in [0, 0.1) is 17.7 Å². The van der Waals surface area contributed by atoms with Crippen molar-refractivity contribution in [2.24, 2.45) is 11.8 Å². The van der Waals surface area contributed by atoms with Crippen LogP contribution in [0.15, 0.2) is 31.1 Å². The maximum Gasteiger partial charge on any atom is 0.309 e. The average Bonchev–Trinajstić information content (AvgIpc) is 3.33. The lowest BCUT2D eigenvalue weighted by Crippen LogP contribution is -2.45. The molecule has 5 heterocycles. The van der Waals surface area contributed by atoms with Crippen LogP contribution in [0.3, 0.4) is 0 Å². The molecule has 0 saturated carbocycles. The van der Waals surface area contributed by atoms with Gasteiger partial charge in [0, 0.05) is 25.5 Å². The largest absolute Gasteiger partial charge is 0.481 e. The van der Waals surface area contributed by atoms with Gasteiger partial charge in [-0.05, 0) is 12.8 Å². The molecule has 0 radical (unpaired) electrons. The summed E-state index contributed by atoms with van der Waals surface area (Å²) in [6, 6.07) is 0. The number of carboxylic acid groups (broad SMARTS) is 2. The highest BCUT2D eigenvalue weighted by molar-refractivity contribution is 5.72. The van der Waals surface area contributed by atoms with Crippen molar-refractivity contribution in [2.45, 2.75) is 25.2 Å². The van der Waals surface area contributed by atoms with Gasteiger partial charge in [0.25, 0.3) is 0 Å². The molecule has 2 N–H and O–H groups in total. The number of carbonyl (C=O) groups is 2. The zero-order valence-corrected chi connectivity index (χ0v) is 18.9. The normalized spacial score (nSPS) is 24.2. The van der Waals surface area contributed by atoms with Gasteiger partial charge in [-0.25, -0.2) is 37.6 Å². The number of fused-ring (bicyclic) bond motifs is 1. The first-order chi connectivity index (χ1) is 17.2. The topological polar surface area (TPSA) is 150 Å². The lowest BCUT2D eigenvalue weighted by Gasteiger charge is -2.33. The number of alkyl halides is 2. The SMILES string of the molecule is O=C(O)[C@@H]1CCN(c2ncc(F)cn2)C[C@H]1F.O=C(O)[C@@H]1CCN(c2nccn3ncnc23)C[C@H]1F. The maximum absolute atomic E-state index is 13.9. The third-order valence-electron chi connectivity index (χ3n) is 6.08. The molecule has 3 aromatic heterocycles. The summed E-state index contributed by atoms with van der Waals surface area (Å²) in [7, 11) is 0. The van der Waals surface area contributed by atoms with Crippen molar-refractivity contribution in [1.82, 2.24) is 29.5 Å². The van der Waals surface area contributed by atoms with Crippen LogP contribution in [0.1, 0.15) is 12.8 Å². The smallest absolute Gasteiger partial charge is 0.309 e. The Bertz CT molecular complexity index is 1210. The van der Waals surface area contributed by atoms with E-state index in [4.69, 9.17) is 10.2 Å². The molecule has 2 saturated heterocycles. The van der Waals surface area contributed by atoms with Crippen molar-refractivity contribution in [1.29, 1.82) is 0 Å². The molecule has 2 aliphatic rings. The van der Waals surface area contributed by atoms with Gasteiger partial charge in [-0.2, -0.15) is 5.10 Å². The Morgan fingerprint density at radius 1 is 0.889 bits per heavy atom. The van der Waals surface area contributed by atoms with Gasteiger partial charge in [0.2, 0.25) is 5.95 Å². The number of halogens is 3. The molecule has 36 heavy (non-hydrogen) atoms. The number of anilines is 2. The Labute approximate surface area is 202 Å². The molecule has 2 aliphatic heterocycles. The highest BCUT2D eigenvalue weighted by Crippen LogP contribution is 2.26. The van der Waals surface area contributed by atoms with Crippen LogP contribution < -0.4 is 9.80 Å². The van der Waals surface area contributed by atoms with Crippen LogP contribution in [0.2, 0.25) is 0 Å². The van der Waals surface area contributed by atoms with E-state index in [0.29, 0.717) is 24.6 Å². The Balaban J connectivity index is 0.000000170. The number of hydrogen-bond acceptors (Lipinski definition) is 9. The maximum atomic E-state index is 13.9. The molecular weight excluding hydrogens is 485 g/mol. The summed E-state index contributed by atoms with van der Waals surface area (Å²) < 4.78 is 41.6. The minimum atomic E-state index is -1.46. The van der Waals surface area contributed by atoms with Crippen molar-refractivity contribution in [3.63, 3.8) is 0 Å². The van der Waals surface area contributed by atoms with E-state index in [9.17, 15) is 22.8 Å². The molecule has 0 unspecified atom stereocenters. The molecule has 0 spiro atoms. The summed E-state index contributed by atoms with van der Waals surface area (Å²) in [6.45, 7) is 0.721. The molecule has 0 aromatic carbocycles. The number of aliphatic carboxylic acids is 2. The zero-order chi connectivity index (χ0) is 25.8. The van der Waals surface area contributed by atoms with Gasteiger partial charge >= 0.3 is 11.9 Å². The Kier molecular flexibility index (Phi) is 7.45. The summed E-state index contributed by atoms with van der Waals surface area (Å²) >= 11 is 0. The Morgan fingerprint density at radius 3 is 2.06 bits per heavy atom. The van der Waals surface area contributed by atoms with E-state index >= 15 is 0 Å². The van der Waals surface area contributed by atoms with Gasteiger partial charge in [-0.3, -0.25) is 9.59 Å². The number of hydrogen-bond donors (Lipinski definition) is 2. The Hall–Kier alpha value is -4.04. The van der Waals surface area contributed by atoms with Gasteiger partial charge in [0.1, 0.15) is 18.7 Å². The predicted molar refractivity (Wildman–Crippen MR) is 118 cm³/mol. The van der Waals surface area contributed by atoms with Crippen molar-refractivity contribution in [3.05, 3.63) is 36.9 Å². The zero-order valence-electron chi connectivity index (χ0n) is 18.9. The first kappa shape index (κ1) is 25.1.